The van der Waals surface area contributed by atoms with E-state index in [9.17, 15) is 4.79 Å². The Bertz CT molecular complexity index is 841. The van der Waals surface area contributed by atoms with Crippen molar-refractivity contribution in [3.8, 4) is 11.4 Å². The molecule has 0 radical (unpaired) electrons. The summed E-state index contributed by atoms with van der Waals surface area (Å²) in [5.74, 6) is 1.11. The summed E-state index contributed by atoms with van der Waals surface area (Å²) in [6.07, 6.45) is 0. The zero-order valence-electron chi connectivity index (χ0n) is 14.4. The number of thiophene rings is 1. The summed E-state index contributed by atoms with van der Waals surface area (Å²) in [5.41, 5.74) is 2.22. The lowest BCUT2D eigenvalue weighted by atomic mass is 10.1. The highest BCUT2D eigenvalue weighted by molar-refractivity contribution is 7.99. The molecule has 0 saturated heterocycles. The van der Waals surface area contributed by atoms with Crippen LogP contribution in [0, 0.1) is 6.92 Å². The number of amides is 1. The number of hydrogen-bond acceptors (Lipinski definition) is 5. The van der Waals surface area contributed by atoms with Crippen molar-refractivity contribution in [2.75, 3.05) is 5.75 Å². The largest absolute Gasteiger partial charge is 0.348 e. The van der Waals surface area contributed by atoms with E-state index in [-0.39, 0.29) is 11.9 Å². The summed E-state index contributed by atoms with van der Waals surface area (Å²) in [4.78, 5) is 13.3. The van der Waals surface area contributed by atoms with Gasteiger partial charge in [-0.25, -0.2) is 0 Å². The molecule has 1 N–H and O–H groups in total. The number of carbonyl (C=O) groups is 1. The molecule has 1 aromatic carbocycles. The van der Waals surface area contributed by atoms with Crippen molar-refractivity contribution in [3.05, 3.63) is 52.2 Å². The van der Waals surface area contributed by atoms with Crippen LogP contribution < -0.4 is 5.32 Å². The van der Waals surface area contributed by atoms with Crippen molar-refractivity contribution in [2.45, 2.75) is 25.0 Å². The number of aryl methyl sites for hydroxylation is 1. The molecule has 130 valence electrons. The molecule has 0 fully saturated rings. The second kappa shape index (κ2) is 7.84. The van der Waals surface area contributed by atoms with Gasteiger partial charge >= 0.3 is 0 Å². The van der Waals surface area contributed by atoms with Gasteiger partial charge in [0.1, 0.15) is 0 Å². The first kappa shape index (κ1) is 17.7. The van der Waals surface area contributed by atoms with Crippen LogP contribution in [0.4, 0.5) is 0 Å². The van der Waals surface area contributed by atoms with Crippen molar-refractivity contribution < 1.29 is 4.79 Å². The van der Waals surface area contributed by atoms with Crippen molar-refractivity contribution in [3.63, 3.8) is 0 Å². The fourth-order valence-electron chi connectivity index (χ4n) is 2.42. The third-order valence-electron chi connectivity index (χ3n) is 3.82. The van der Waals surface area contributed by atoms with Gasteiger partial charge in [-0.1, -0.05) is 47.7 Å². The van der Waals surface area contributed by atoms with Crippen molar-refractivity contribution >= 4 is 29.0 Å². The normalized spacial score (nSPS) is 12.1. The molecule has 3 aromatic rings. The SMILES string of the molecule is Cc1ccc(-c2nnc(SCC(=O)NC(C)c3cccs3)n2C)cc1. The maximum absolute atomic E-state index is 12.2. The maximum atomic E-state index is 12.2. The molecule has 0 spiro atoms. The third kappa shape index (κ3) is 4.29. The Hall–Kier alpha value is -2.12. The van der Waals surface area contributed by atoms with Crippen molar-refractivity contribution in [1.29, 1.82) is 0 Å². The fourth-order valence-corrected chi connectivity index (χ4v) is 3.87. The van der Waals surface area contributed by atoms with Gasteiger partial charge < -0.3 is 9.88 Å². The van der Waals surface area contributed by atoms with Crippen LogP contribution in [0.1, 0.15) is 23.4 Å². The fraction of sp³-hybridized carbons (Fsp3) is 0.278. The predicted molar refractivity (Wildman–Crippen MR) is 103 cm³/mol. The lowest BCUT2D eigenvalue weighted by molar-refractivity contribution is -0.119. The number of carbonyl (C=O) groups excluding carboxylic acids is 1. The van der Waals surface area contributed by atoms with Crippen LogP contribution in [0.5, 0.6) is 0 Å². The molecule has 2 aromatic heterocycles. The zero-order chi connectivity index (χ0) is 17.8. The Balaban J connectivity index is 1.60. The Labute approximate surface area is 155 Å². The Morgan fingerprint density at radius 1 is 1.28 bits per heavy atom. The van der Waals surface area contributed by atoms with Crippen LogP contribution in [-0.4, -0.2) is 26.4 Å². The topological polar surface area (TPSA) is 59.8 Å². The molecule has 0 saturated carbocycles. The van der Waals surface area contributed by atoms with E-state index in [1.165, 1.54) is 17.3 Å². The highest BCUT2D eigenvalue weighted by Gasteiger charge is 2.14. The average molecular weight is 373 g/mol. The smallest absolute Gasteiger partial charge is 0.230 e. The molecule has 2 heterocycles. The summed E-state index contributed by atoms with van der Waals surface area (Å²) < 4.78 is 1.92. The molecular weight excluding hydrogens is 352 g/mol. The average Bonchev–Trinajstić information content (AvgIpc) is 3.24. The second-order valence-corrected chi connectivity index (χ2v) is 7.75. The van der Waals surface area contributed by atoms with E-state index in [4.69, 9.17) is 0 Å². The number of rotatable bonds is 6. The van der Waals surface area contributed by atoms with Gasteiger partial charge in [0.25, 0.3) is 0 Å². The number of hydrogen-bond donors (Lipinski definition) is 1. The molecule has 1 amide bonds. The second-order valence-electron chi connectivity index (χ2n) is 5.82. The van der Waals surface area contributed by atoms with E-state index in [0.29, 0.717) is 5.75 Å². The number of aromatic nitrogens is 3. The summed E-state index contributed by atoms with van der Waals surface area (Å²) in [6.45, 7) is 4.05. The highest BCUT2D eigenvalue weighted by atomic mass is 32.2. The minimum Gasteiger partial charge on any atom is -0.348 e. The first-order valence-electron chi connectivity index (χ1n) is 7.96. The van der Waals surface area contributed by atoms with Gasteiger partial charge in [-0.2, -0.15) is 0 Å². The molecule has 3 rings (SSSR count). The Morgan fingerprint density at radius 3 is 2.72 bits per heavy atom. The standard InChI is InChI=1S/C18H20N4OS2/c1-12-6-8-14(9-7-12)17-20-21-18(22(17)3)25-11-16(23)19-13(2)15-5-4-10-24-15/h4-10,13H,11H2,1-3H3,(H,19,23). The van der Waals surface area contributed by atoms with E-state index < -0.39 is 0 Å². The van der Waals surface area contributed by atoms with Crippen LogP contribution >= 0.6 is 23.1 Å². The molecule has 0 aliphatic heterocycles. The minimum absolute atomic E-state index is 0.00853. The third-order valence-corrected chi connectivity index (χ3v) is 5.90. The van der Waals surface area contributed by atoms with Crippen LogP contribution in [0.2, 0.25) is 0 Å². The Kier molecular flexibility index (Phi) is 5.55. The molecule has 0 bridgehead atoms. The van der Waals surface area contributed by atoms with E-state index in [2.05, 4.69) is 34.6 Å². The van der Waals surface area contributed by atoms with E-state index in [1.54, 1.807) is 11.3 Å². The highest BCUT2D eigenvalue weighted by Crippen LogP contribution is 2.23. The monoisotopic (exact) mass is 372 g/mol. The lowest BCUT2D eigenvalue weighted by Gasteiger charge is -2.11. The van der Waals surface area contributed by atoms with Crippen molar-refractivity contribution in [2.24, 2.45) is 7.05 Å². The van der Waals surface area contributed by atoms with E-state index >= 15 is 0 Å². The molecule has 0 aliphatic carbocycles. The number of nitrogens with one attached hydrogen (secondary N) is 1. The van der Waals surface area contributed by atoms with Gasteiger partial charge in [-0.15, -0.1) is 21.5 Å². The number of nitrogens with zero attached hydrogens (tertiary/aromatic N) is 3. The Morgan fingerprint density at radius 2 is 2.04 bits per heavy atom. The molecular formula is C18H20N4OS2. The summed E-state index contributed by atoms with van der Waals surface area (Å²) in [7, 11) is 1.92. The summed E-state index contributed by atoms with van der Waals surface area (Å²) in [6, 6.07) is 12.2. The van der Waals surface area contributed by atoms with E-state index in [1.807, 2.05) is 48.2 Å². The summed E-state index contributed by atoms with van der Waals surface area (Å²) in [5, 5.41) is 14.2. The predicted octanol–water partition coefficient (Wildman–Crippen LogP) is 3.82. The molecule has 5 nitrogen and oxygen atoms in total. The zero-order valence-corrected chi connectivity index (χ0v) is 16.0. The number of thioether (sulfide) groups is 1. The van der Waals surface area contributed by atoms with Gasteiger partial charge in [0.05, 0.1) is 11.8 Å². The molecule has 7 heteroatoms. The van der Waals surface area contributed by atoms with Gasteiger partial charge in [-0.05, 0) is 25.3 Å². The molecule has 1 unspecified atom stereocenters. The molecule has 1 atom stereocenters. The quantitative estimate of drug-likeness (QED) is 0.668. The first-order valence-corrected chi connectivity index (χ1v) is 9.83. The van der Waals surface area contributed by atoms with Crippen molar-refractivity contribution in [1.82, 2.24) is 20.1 Å². The van der Waals surface area contributed by atoms with Crippen LogP contribution in [0.3, 0.4) is 0 Å². The summed E-state index contributed by atoms with van der Waals surface area (Å²) >= 11 is 3.04. The van der Waals surface area contributed by atoms with Crippen LogP contribution in [0.15, 0.2) is 46.9 Å². The molecule has 25 heavy (non-hydrogen) atoms. The van der Waals surface area contributed by atoms with E-state index in [0.717, 1.165) is 21.4 Å². The van der Waals surface area contributed by atoms with Gasteiger partial charge in [0, 0.05) is 17.5 Å². The molecule has 0 aliphatic rings. The first-order chi connectivity index (χ1) is 12.0. The number of benzene rings is 1. The lowest BCUT2D eigenvalue weighted by Crippen LogP contribution is -2.27. The maximum Gasteiger partial charge on any atom is 0.230 e. The van der Waals surface area contributed by atoms with Crippen LogP contribution in [-0.2, 0) is 11.8 Å². The van der Waals surface area contributed by atoms with Gasteiger partial charge in [-0.3, -0.25) is 4.79 Å². The van der Waals surface area contributed by atoms with Gasteiger partial charge in [0.15, 0.2) is 11.0 Å². The minimum atomic E-state index is -0.00853. The van der Waals surface area contributed by atoms with Crippen LogP contribution in [0.25, 0.3) is 11.4 Å². The van der Waals surface area contributed by atoms with Gasteiger partial charge in [0.2, 0.25) is 5.91 Å².